The summed E-state index contributed by atoms with van der Waals surface area (Å²) in [7, 11) is 0. The number of nitrogens with one attached hydrogen (secondary N) is 8. The van der Waals surface area contributed by atoms with E-state index < -0.39 is 0 Å². The van der Waals surface area contributed by atoms with E-state index in [4.69, 9.17) is 0 Å². The van der Waals surface area contributed by atoms with Crippen LogP contribution in [0.2, 0.25) is 0 Å². The predicted molar refractivity (Wildman–Crippen MR) is 166 cm³/mol. The van der Waals surface area contributed by atoms with Crippen molar-refractivity contribution < 1.29 is 0 Å². The van der Waals surface area contributed by atoms with Gasteiger partial charge in [-0.15, -0.1) is 0 Å². The van der Waals surface area contributed by atoms with Crippen molar-refractivity contribution >= 4 is 0 Å². The van der Waals surface area contributed by atoms with E-state index in [0.717, 1.165) is 12.8 Å². The summed E-state index contributed by atoms with van der Waals surface area (Å²) in [4.78, 5) is 0. The molecule has 10 nitrogen and oxygen atoms in total. The summed E-state index contributed by atoms with van der Waals surface area (Å²) in [5.41, 5.74) is 0. The number of nitrogens with zero attached hydrogens (tertiary/aromatic N) is 2. The van der Waals surface area contributed by atoms with Gasteiger partial charge in [0, 0.05) is 5.92 Å². The second-order valence-electron chi connectivity index (χ2n) is 16.2. The lowest BCUT2D eigenvalue weighted by atomic mass is 9.67. The highest BCUT2D eigenvalue weighted by Gasteiger charge is 2.56. The number of hydrogen-bond acceptors (Lipinski definition) is 10. The van der Waals surface area contributed by atoms with E-state index in [1.165, 1.54) is 77.0 Å². The predicted octanol–water partition coefficient (Wildman–Crippen LogP) is 2.10. The zero-order valence-corrected chi connectivity index (χ0v) is 26.2. The molecule has 0 amide bonds. The lowest BCUT2D eigenvalue weighted by Gasteiger charge is -2.38. The summed E-state index contributed by atoms with van der Waals surface area (Å²) in [6.45, 7) is 0. The van der Waals surface area contributed by atoms with Crippen molar-refractivity contribution in [3.05, 3.63) is 0 Å². The molecule has 9 fully saturated rings. The van der Waals surface area contributed by atoms with Crippen molar-refractivity contribution in [1.82, 2.24) is 42.5 Å². The first-order valence-electron chi connectivity index (χ1n) is 18.6. The van der Waals surface area contributed by atoms with Crippen LogP contribution in [0, 0.1) is 81.8 Å². The zero-order valence-electron chi connectivity index (χ0n) is 26.2. The maximum atomic E-state index is 10.4. The lowest BCUT2D eigenvalue weighted by Crippen LogP contribution is -2.61. The van der Waals surface area contributed by atoms with Gasteiger partial charge in [-0.1, -0.05) is 38.5 Å². The zero-order chi connectivity index (χ0) is 29.4. The fourth-order valence-corrected chi connectivity index (χ4v) is 12.4. The molecule has 5 aliphatic heterocycles. The fraction of sp³-hybridized carbons (Fsp3) is 0.941. The molecular weight excluding hydrogens is 548 g/mol. The molecule has 4 saturated carbocycles. The summed E-state index contributed by atoms with van der Waals surface area (Å²) >= 11 is 0. The van der Waals surface area contributed by atoms with E-state index in [1.807, 2.05) is 0 Å². The Morgan fingerprint density at radius 3 is 0.977 bits per heavy atom. The van der Waals surface area contributed by atoms with Gasteiger partial charge in [0.1, 0.15) is 0 Å². The minimum Gasteiger partial charge on any atom is -0.286 e. The van der Waals surface area contributed by atoms with E-state index in [2.05, 4.69) is 54.7 Å². The highest BCUT2D eigenvalue weighted by molar-refractivity contribution is 5.14. The van der Waals surface area contributed by atoms with Crippen LogP contribution in [0.1, 0.15) is 89.9 Å². The van der Waals surface area contributed by atoms with E-state index >= 15 is 0 Å². The van der Waals surface area contributed by atoms with Crippen LogP contribution in [-0.4, -0.2) is 49.3 Å². The van der Waals surface area contributed by atoms with Crippen LogP contribution < -0.4 is 42.5 Å². The second kappa shape index (κ2) is 11.7. The molecule has 9 aliphatic rings. The Labute approximate surface area is 263 Å². The number of nitriles is 2. The van der Waals surface area contributed by atoms with Crippen molar-refractivity contribution in [1.29, 1.82) is 10.5 Å². The molecule has 0 aromatic heterocycles. The Bertz CT molecular complexity index is 1150. The summed E-state index contributed by atoms with van der Waals surface area (Å²) in [6, 6.07) is 5.18. The van der Waals surface area contributed by atoms with Crippen LogP contribution in [0.5, 0.6) is 0 Å². The van der Waals surface area contributed by atoms with Gasteiger partial charge in [0.05, 0.1) is 73.3 Å². The van der Waals surface area contributed by atoms with Crippen LogP contribution in [-0.2, 0) is 0 Å². The smallest absolute Gasteiger partial charge is 0.0681 e. The van der Waals surface area contributed by atoms with E-state index in [1.54, 1.807) is 0 Å². The van der Waals surface area contributed by atoms with Crippen molar-refractivity contribution in [2.24, 2.45) is 59.2 Å². The minimum atomic E-state index is -0.244. The van der Waals surface area contributed by atoms with Gasteiger partial charge in [0.15, 0.2) is 0 Å². The van der Waals surface area contributed by atoms with Gasteiger partial charge < -0.3 is 0 Å². The maximum Gasteiger partial charge on any atom is 0.0681 e. The monoisotopic (exact) mass is 602 g/mol. The first-order valence-corrected chi connectivity index (χ1v) is 18.6. The largest absolute Gasteiger partial charge is 0.286 e. The third-order valence-corrected chi connectivity index (χ3v) is 14.3. The third-order valence-electron chi connectivity index (χ3n) is 14.3. The van der Waals surface area contributed by atoms with Gasteiger partial charge in [0.2, 0.25) is 0 Å². The summed E-state index contributed by atoms with van der Waals surface area (Å²) in [5, 5.41) is 53.6. The topological polar surface area (TPSA) is 144 Å². The molecule has 0 radical (unpaired) electrons. The number of hydrogen-bond donors (Lipinski definition) is 8. The molecular formula is C34H54N10. The Balaban J connectivity index is 1.07. The van der Waals surface area contributed by atoms with Crippen molar-refractivity contribution in [3.63, 3.8) is 0 Å². The average molecular weight is 603 g/mol. The van der Waals surface area contributed by atoms with Crippen LogP contribution in [0.4, 0.5) is 0 Å². The first kappa shape index (κ1) is 28.8. The summed E-state index contributed by atoms with van der Waals surface area (Å²) in [6.07, 6.45) is 19.4. The quantitative estimate of drug-likeness (QED) is 0.208. The molecule has 44 heavy (non-hydrogen) atoms. The molecule has 4 aliphatic carbocycles. The van der Waals surface area contributed by atoms with Crippen molar-refractivity contribution in [2.75, 3.05) is 0 Å². The molecule has 9 rings (SSSR count). The van der Waals surface area contributed by atoms with Gasteiger partial charge in [0.25, 0.3) is 0 Å². The lowest BCUT2D eigenvalue weighted by molar-refractivity contribution is 0.126. The molecule has 0 spiro atoms. The van der Waals surface area contributed by atoms with E-state index in [-0.39, 0.29) is 48.6 Å². The first-order chi connectivity index (χ1) is 21.7. The van der Waals surface area contributed by atoms with Crippen LogP contribution in [0.15, 0.2) is 0 Å². The Morgan fingerprint density at radius 2 is 0.659 bits per heavy atom. The molecule has 18 unspecified atom stereocenters. The Morgan fingerprint density at radius 1 is 0.341 bits per heavy atom. The normalized spacial score (nSPS) is 56.4. The van der Waals surface area contributed by atoms with Gasteiger partial charge in [-0.2, -0.15) is 10.5 Å². The fourth-order valence-electron chi connectivity index (χ4n) is 12.4. The van der Waals surface area contributed by atoms with Gasteiger partial charge in [-0.3, -0.25) is 42.5 Å². The SMILES string of the molecule is N#CC1CCC2C3NC4NC(NC5NC(NC6NC(NC(N3)C2C1C#N)C1CCCCC61)C1CCCCC51)C1CCCCC41. The van der Waals surface area contributed by atoms with Crippen LogP contribution >= 0.6 is 0 Å². The molecule has 18 atom stereocenters. The van der Waals surface area contributed by atoms with Crippen molar-refractivity contribution in [3.8, 4) is 12.1 Å². The van der Waals surface area contributed by atoms with Crippen LogP contribution in [0.25, 0.3) is 0 Å². The number of rotatable bonds is 0. The highest BCUT2D eigenvalue weighted by atomic mass is 15.4. The second-order valence-corrected chi connectivity index (χ2v) is 16.2. The molecule has 0 aromatic carbocycles. The van der Waals surface area contributed by atoms with Gasteiger partial charge in [-0.25, -0.2) is 0 Å². The Hall–Kier alpha value is -1.34. The average Bonchev–Trinajstić information content (AvgIpc) is 3.80. The van der Waals surface area contributed by atoms with E-state index in [0.29, 0.717) is 59.9 Å². The molecule has 8 bridgehead atoms. The Kier molecular flexibility index (Phi) is 7.68. The summed E-state index contributed by atoms with van der Waals surface area (Å²) < 4.78 is 0. The summed E-state index contributed by atoms with van der Waals surface area (Å²) in [5.74, 6) is 3.85. The molecule has 240 valence electrons. The number of fused-ring (bicyclic) bond motifs is 20. The van der Waals surface area contributed by atoms with Gasteiger partial charge in [-0.05, 0) is 92.8 Å². The molecule has 10 heteroatoms. The standard InChI is InChI=1S/C34H54N10/c35-15-17-13-14-24-26(25(17)16-36)34-43-32-23-12-6-5-11-22(23)30(41-32)39-28-19-8-2-1-7-18(19)27(37-28)38-29-20-9-3-4-10-21(20)31(40-29)42-33(24)44-34/h17-34,37-44H,1-14H2. The highest BCUT2D eigenvalue weighted by Crippen LogP contribution is 2.47. The minimum absolute atomic E-state index is 0.0132. The van der Waals surface area contributed by atoms with Gasteiger partial charge >= 0.3 is 0 Å². The molecule has 5 saturated heterocycles. The van der Waals surface area contributed by atoms with Crippen molar-refractivity contribution in [2.45, 2.75) is 139 Å². The molecule has 0 aromatic rings. The molecule has 5 heterocycles. The van der Waals surface area contributed by atoms with E-state index in [9.17, 15) is 10.5 Å². The van der Waals surface area contributed by atoms with Crippen LogP contribution in [0.3, 0.4) is 0 Å². The third kappa shape index (κ3) is 4.70. The maximum absolute atomic E-state index is 10.4. The molecule has 8 N–H and O–H groups in total.